The highest BCUT2D eigenvalue weighted by atomic mass is 16.5. The van der Waals surface area contributed by atoms with Crippen molar-refractivity contribution >= 4 is 0 Å². The number of nitrogens with zero attached hydrogens (tertiary/aromatic N) is 1. The van der Waals surface area contributed by atoms with Gasteiger partial charge in [-0.3, -0.25) is 0 Å². The lowest BCUT2D eigenvalue weighted by Gasteiger charge is -2.16. The van der Waals surface area contributed by atoms with Crippen molar-refractivity contribution in [2.75, 3.05) is 13.7 Å². The Kier molecular flexibility index (Phi) is 5.58. The zero-order valence-corrected chi connectivity index (χ0v) is 12.8. The van der Waals surface area contributed by atoms with E-state index in [2.05, 4.69) is 24.1 Å². The van der Waals surface area contributed by atoms with Crippen molar-refractivity contribution in [3.63, 3.8) is 0 Å². The molecule has 2 aromatic rings. The average Bonchev–Trinajstić information content (AvgIpc) is 2.54. The van der Waals surface area contributed by atoms with Crippen molar-refractivity contribution in [1.82, 2.24) is 10.3 Å². The molecule has 0 radical (unpaired) electrons. The third-order valence-electron chi connectivity index (χ3n) is 3.31. The molecule has 0 fully saturated rings. The molecule has 0 aliphatic heterocycles. The molecule has 2 rings (SSSR count). The van der Waals surface area contributed by atoms with Crippen LogP contribution in [0.5, 0.6) is 11.6 Å². The second kappa shape index (κ2) is 7.64. The number of methoxy groups -OCH3 is 1. The van der Waals surface area contributed by atoms with Crippen molar-refractivity contribution in [2.24, 2.45) is 0 Å². The maximum Gasteiger partial charge on any atom is 0.218 e. The van der Waals surface area contributed by atoms with Gasteiger partial charge in [0.1, 0.15) is 12.4 Å². The Morgan fingerprint density at radius 2 is 1.95 bits per heavy atom. The largest absolute Gasteiger partial charge is 0.497 e. The first kappa shape index (κ1) is 15.3. The summed E-state index contributed by atoms with van der Waals surface area (Å²) in [6.45, 7) is 5.60. The van der Waals surface area contributed by atoms with E-state index in [9.17, 15) is 0 Å². The van der Waals surface area contributed by atoms with Gasteiger partial charge in [-0.05, 0) is 37.2 Å². The second-order valence-electron chi connectivity index (χ2n) is 4.81. The number of nitrogens with one attached hydrogen (secondary N) is 1. The highest BCUT2D eigenvalue weighted by molar-refractivity contribution is 5.30. The SMILES string of the molecule is CCNC(C)c1cccnc1OCc1ccc(OC)cc1. The lowest BCUT2D eigenvalue weighted by molar-refractivity contribution is 0.287. The van der Waals surface area contributed by atoms with Gasteiger partial charge in [0.25, 0.3) is 0 Å². The standard InChI is InChI=1S/C17H22N2O2/c1-4-18-13(2)16-6-5-11-19-17(16)21-12-14-7-9-15(20-3)10-8-14/h5-11,13,18H,4,12H2,1-3H3. The van der Waals surface area contributed by atoms with Gasteiger partial charge in [-0.25, -0.2) is 4.98 Å². The molecule has 4 nitrogen and oxygen atoms in total. The molecule has 0 aliphatic carbocycles. The molecule has 1 unspecified atom stereocenters. The molecule has 21 heavy (non-hydrogen) atoms. The number of benzene rings is 1. The van der Waals surface area contributed by atoms with E-state index in [4.69, 9.17) is 9.47 Å². The maximum absolute atomic E-state index is 5.87. The summed E-state index contributed by atoms with van der Waals surface area (Å²) < 4.78 is 11.0. The van der Waals surface area contributed by atoms with Gasteiger partial charge in [-0.2, -0.15) is 0 Å². The molecule has 0 spiro atoms. The number of pyridine rings is 1. The second-order valence-corrected chi connectivity index (χ2v) is 4.81. The van der Waals surface area contributed by atoms with Gasteiger partial charge in [0, 0.05) is 17.8 Å². The van der Waals surface area contributed by atoms with Crippen molar-refractivity contribution in [2.45, 2.75) is 26.5 Å². The van der Waals surface area contributed by atoms with Crippen molar-refractivity contribution in [1.29, 1.82) is 0 Å². The van der Waals surface area contributed by atoms with Crippen LogP contribution in [0, 0.1) is 0 Å². The fourth-order valence-electron chi connectivity index (χ4n) is 2.14. The summed E-state index contributed by atoms with van der Waals surface area (Å²) in [4.78, 5) is 4.34. The van der Waals surface area contributed by atoms with Crippen molar-refractivity contribution < 1.29 is 9.47 Å². The first-order valence-corrected chi connectivity index (χ1v) is 7.18. The lowest BCUT2D eigenvalue weighted by Crippen LogP contribution is -2.18. The van der Waals surface area contributed by atoms with Crippen LogP contribution < -0.4 is 14.8 Å². The molecular weight excluding hydrogens is 264 g/mol. The Bertz CT molecular complexity index is 555. The van der Waals surface area contributed by atoms with Gasteiger partial charge in [0.05, 0.1) is 7.11 Å². The Balaban J connectivity index is 2.05. The van der Waals surface area contributed by atoms with Gasteiger partial charge in [-0.15, -0.1) is 0 Å². The third-order valence-corrected chi connectivity index (χ3v) is 3.31. The molecule has 1 N–H and O–H groups in total. The van der Waals surface area contributed by atoms with Crippen LogP contribution in [-0.4, -0.2) is 18.6 Å². The zero-order valence-electron chi connectivity index (χ0n) is 12.8. The van der Waals surface area contributed by atoms with E-state index in [1.54, 1.807) is 13.3 Å². The van der Waals surface area contributed by atoms with E-state index in [-0.39, 0.29) is 6.04 Å². The van der Waals surface area contributed by atoms with Crippen molar-refractivity contribution in [3.8, 4) is 11.6 Å². The predicted octanol–water partition coefficient (Wildman–Crippen LogP) is 3.34. The van der Waals surface area contributed by atoms with Crippen LogP contribution in [0.4, 0.5) is 0 Å². The van der Waals surface area contributed by atoms with E-state index in [1.165, 1.54) is 0 Å². The molecular formula is C17H22N2O2. The molecule has 1 aromatic heterocycles. The Labute approximate surface area is 126 Å². The summed E-state index contributed by atoms with van der Waals surface area (Å²) in [5.41, 5.74) is 2.16. The molecule has 0 amide bonds. The number of hydrogen-bond donors (Lipinski definition) is 1. The Morgan fingerprint density at radius 3 is 2.62 bits per heavy atom. The van der Waals surface area contributed by atoms with E-state index in [0.717, 1.165) is 23.4 Å². The van der Waals surface area contributed by atoms with Crippen LogP contribution in [0.1, 0.15) is 31.0 Å². The minimum absolute atomic E-state index is 0.217. The highest BCUT2D eigenvalue weighted by Crippen LogP contribution is 2.23. The maximum atomic E-state index is 5.87. The van der Waals surface area contributed by atoms with Crippen LogP contribution in [-0.2, 0) is 6.61 Å². The van der Waals surface area contributed by atoms with E-state index in [1.807, 2.05) is 36.4 Å². The molecule has 0 saturated carbocycles. The van der Waals surface area contributed by atoms with Crippen molar-refractivity contribution in [3.05, 3.63) is 53.7 Å². The summed E-state index contributed by atoms with van der Waals surface area (Å²) in [6.07, 6.45) is 1.76. The summed E-state index contributed by atoms with van der Waals surface area (Å²) in [7, 11) is 1.66. The molecule has 1 aromatic carbocycles. The fourth-order valence-corrected chi connectivity index (χ4v) is 2.14. The summed E-state index contributed by atoms with van der Waals surface area (Å²) in [6, 6.07) is 12.0. The number of ether oxygens (including phenoxy) is 2. The lowest BCUT2D eigenvalue weighted by atomic mass is 10.1. The topological polar surface area (TPSA) is 43.4 Å². The summed E-state index contributed by atoms with van der Waals surface area (Å²) >= 11 is 0. The molecule has 1 atom stereocenters. The highest BCUT2D eigenvalue weighted by Gasteiger charge is 2.11. The summed E-state index contributed by atoms with van der Waals surface area (Å²) in [5, 5.41) is 3.38. The van der Waals surface area contributed by atoms with Gasteiger partial charge in [0.15, 0.2) is 0 Å². The first-order valence-electron chi connectivity index (χ1n) is 7.18. The van der Waals surface area contributed by atoms with E-state index in [0.29, 0.717) is 12.5 Å². The minimum Gasteiger partial charge on any atom is -0.497 e. The molecule has 1 heterocycles. The van der Waals surface area contributed by atoms with Crippen LogP contribution >= 0.6 is 0 Å². The van der Waals surface area contributed by atoms with E-state index < -0.39 is 0 Å². The number of aromatic nitrogens is 1. The Hall–Kier alpha value is -2.07. The predicted molar refractivity (Wildman–Crippen MR) is 83.7 cm³/mol. The number of rotatable bonds is 7. The van der Waals surface area contributed by atoms with Crippen LogP contribution in [0.2, 0.25) is 0 Å². The first-order chi connectivity index (χ1) is 10.2. The third kappa shape index (κ3) is 4.20. The molecule has 4 heteroatoms. The Morgan fingerprint density at radius 1 is 1.19 bits per heavy atom. The van der Waals surface area contributed by atoms with Gasteiger partial charge >= 0.3 is 0 Å². The fraction of sp³-hybridized carbons (Fsp3) is 0.353. The summed E-state index contributed by atoms with van der Waals surface area (Å²) in [5.74, 6) is 1.53. The van der Waals surface area contributed by atoms with Gasteiger partial charge < -0.3 is 14.8 Å². The molecule has 0 bridgehead atoms. The van der Waals surface area contributed by atoms with Crippen LogP contribution in [0.15, 0.2) is 42.6 Å². The minimum atomic E-state index is 0.217. The number of hydrogen-bond acceptors (Lipinski definition) is 4. The van der Waals surface area contributed by atoms with Gasteiger partial charge in [-0.1, -0.05) is 25.1 Å². The smallest absolute Gasteiger partial charge is 0.218 e. The van der Waals surface area contributed by atoms with Gasteiger partial charge in [0.2, 0.25) is 5.88 Å². The normalized spacial score (nSPS) is 12.0. The van der Waals surface area contributed by atoms with Crippen LogP contribution in [0.25, 0.3) is 0 Å². The monoisotopic (exact) mass is 286 g/mol. The zero-order chi connectivity index (χ0) is 15.1. The van der Waals surface area contributed by atoms with E-state index >= 15 is 0 Å². The molecule has 0 aliphatic rings. The quantitative estimate of drug-likeness (QED) is 0.847. The average molecular weight is 286 g/mol. The molecule has 112 valence electrons. The van der Waals surface area contributed by atoms with Crippen LogP contribution in [0.3, 0.4) is 0 Å². The molecule has 0 saturated heterocycles.